The number of likely N-dealkylation sites (N-methyl/N-ethyl adjacent to an activating group) is 1. The number of anilines is 1. The SMILES string of the molecule is COc1ccc(COC(=O)Nc2cccc(C(=O)CN(C)C)c2)cc1. The van der Waals surface area contributed by atoms with Crippen LogP contribution in [-0.2, 0) is 11.3 Å². The number of carbonyl (C=O) groups excluding carboxylic acids is 2. The molecule has 0 unspecified atom stereocenters. The molecule has 0 aliphatic heterocycles. The van der Waals surface area contributed by atoms with E-state index in [4.69, 9.17) is 9.47 Å². The van der Waals surface area contributed by atoms with E-state index in [1.165, 1.54) is 0 Å². The summed E-state index contributed by atoms with van der Waals surface area (Å²) < 4.78 is 10.3. The molecule has 0 atom stereocenters. The van der Waals surface area contributed by atoms with E-state index in [1.54, 1.807) is 48.4 Å². The average molecular weight is 342 g/mol. The summed E-state index contributed by atoms with van der Waals surface area (Å²) in [7, 11) is 5.25. The number of methoxy groups -OCH3 is 1. The number of nitrogens with zero attached hydrogens (tertiary/aromatic N) is 1. The highest BCUT2D eigenvalue weighted by Crippen LogP contribution is 2.14. The summed E-state index contributed by atoms with van der Waals surface area (Å²) in [4.78, 5) is 25.8. The van der Waals surface area contributed by atoms with Crippen molar-refractivity contribution in [2.45, 2.75) is 6.61 Å². The van der Waals surface area contributed by atoms with Gasteiger partial charge in [0.05, 0.1) is 13.7 Å². The third-order valence-electron chi connectivity index (χ3n) is 3.42. The average Bonchev–Trinajstić information content (AvgIpc) is 2.60. The third kappa shape index (κ3) is 5.93. The first-order valence-corrected chi connectivity index (χ1v) is 7.82. The van der Waals surface area contributed by atoms with Crippen LogP contribution in [0, 0.1) is 0 Å². The van der Waals surface area contributed by atoms with Crippen molar-refractivity contribution in [1.29, 1.82) is 0 Å². The maximum absolute atomic E-state index is 12.1. The molecule has 6 nitrogen and oxygen atoms in total. The molecule has 0 spiro atoms. The molecule has 0 bridgehead atoms. The number of hydrogen-bond donors (Lipinski definition) is 1. The summed E-state index contributed by atoms with van der Waals surface area (Å²) in [5, 5.41) is 2.63. The summed E-state index contributed by atoms with van der Waals surface area (Å²) in [6, 6.07) is 14.1. The molecule has 6 heteroatoms. The van der Waals surface area contributed by atoms with Crippen molar-refractivity contribution in [3.8, 4) is 5.75 Å². The van der Waals surface area contributed by atoms with Crippen LogP contribution in [0.2, 0.25) is 0 Å². The number of rotatable bonds is 7. The molecule has 1 N–H and O–H groups in total. The zero-order valence-electron chi connectivity index (χ0n) is 14.6. The van der Waals surface area contributed by atoms with E-state index in [1.807, 2.05) is 26.2 Å². The van der Waals surface area contributed by atoms with Crippen molar-refractivity contribution in [3.63, 3.8) is 0 Å². The Labute approximate surface area is 147 Å². The molecule has 25 heavy (non-hydrogen) atoms. The van der Waals surface area contributed by atoms with Gasteiger partial charge in [0.25, 0.3) is 0 Å². The molecular weight excluding hydrogens is 320 g/mol. The smallest absolute Gasteiger partial charge is 0.411 e. The van der Waals surface area contributed by atoms with Gasteiger partial charge >= 0.3 is 6.09 Å². The molecule has 0 fully saturated rings. The van der Waals surface area contributed by atoms with E-state index < -0.39 is 6.09 Å². The summed E-state index contributed by atoms with van der Waals surface area (Å²) in [6.45, 7) is 0.459. The standard InChI is InChI=1S/C19H22N2O4/c1-21(2)12-18(22)15-5-4-6-16(11-15)20-19(23)25-13-14-7-9-17(24-3)10-8-14/h4-11H,12-13H2,1-3H3,(H,20,23). The van der Waals surface area contributed by atoms with Crippen molar-refractivity contribution in [2.24, 2.45) is 0 Å². The Bertz CT molecular complexity index is 726. The van der Waals surface area contributed by atoms with E-state index in [0.717, 1.165) is 11.3 Å². The molecule has 2 rings (SSSR count). The summed E-state index contributed by atoms with van der Waals surface area (Å²) in [6.07, 6.45) is -0.576. The van der Waals surface area contributed by atoms with Gasteiger partial charge in [-0.2, -0.15) is 0 Å². The minimum Gasteiger partial charge on any atom is -0.497 e. The highest BCUT2D eigenvalue weighted by molar-refractivity contribution is 5.99. The lowest BCUT2D eigenvalue weighted by Gasteiger charge is -2.10. The Morgan fingerprint density at radius 2 is 1.80 bits per heavy atom. The van der Waals surface area contributed by atoms with Crippen LogP contribution < -0.4 is 10.1 Å². The highest BCUT2D eigenvalue weighted by Gasteiger charge is 2.09. The van der Waals surface area contributed by atoms with Crippen molar-refractivity contribution in [1.82, 2.24) is 4.90 Å². The van der Waals surface area contributed by atoms with Gasteiger partial charge in [-0.3, -0.25) is 10.1 Å². The maximum Gasteiger partial charge on any atom is 0.411 e. The van der Waals surface area contributed by atoms with Gasteiger partial charge in [-0.1, -0.05) is 24.3 Å². The first kappa shape index (κ1) is 18.5. The molecule has 1 amide bonds. The van der Waals surface area contributed by atoms with Gasteiger partial charge in [0.15, 0.2) is 5.78 Å². The molecule has 0 saturated heterocycles. The summed E-state index contributed by atoms with van der Waals surface area (Å²) in [5.41, 5.74) is 1.91. The van der Waals surface area contributed by atoms with Crippen molar-refractivity contribution in [2.75, 3.05) is 33.1 Å². The number of Topliss-reactive ketones (excluding diaryl/α,β-unsaturated/α-hetero) is 1. The van der Waals surface area contributed by atoms with Crippen LogP contribution in [0.5, 0.6) is 5.75 Å². The predicted molar refractivity (Wildman–Crippen MR) is 96.1 cm³/mol. The van der Waals surface area contributed by atoms with Gasteiger partial charge in [-0.05, 0) is 43.9 Å². The second kappa shape index (κ2) is 8.84. The van der Waals surface area contributed by atoms with Crippen LogP contribution >= 0.6 is 0 Å². The first-order chi connectivity index (χ1) is 12.0. The molecule has 0 aliphatic carbocycles. The Kier molecular flexibility index (Phi) is 6.54. The molecule has 0 radical (unpaired) electrons. The molecule has 0 aliphatic rings. The molecule has 132 valence electrons. The summed E-state index contributed by atoms with van der Waals surface area (Å²) in [5.74, 6) is 0.729. The van der Waals surface area contributed by atoms with Crippen LogP contribution in [0.1, 0.15) is 15.9 Å². The number of ketones is 1. The van der Waals surface area contributed by atoms with Crippen LogP contribution in [-0.4, -0.2) is 44.5 Å². The number of benzene rings is 2. The van der Waals surface area contributed by atoms with Crippen LogP contribution in [0.4, 0.5) is 10.5 Å². The Hall–Kier alpha value is -2.86. The van der Waals surface area contributed by atoms with Gasteiger partial charge in [0.1, 0.15) is 12.4 Å². The maximum atomic E-state index is 12.1. The molecular formula is C19H22N2O4. The highest BCUT2D eigenvalue weighted by atomic mass is 16.5. The van der Waals surface area contributed by atoms with Gasteiger partial charge in [-0.25, -0.2) is 4.79 Å². The van der Waals surface area contributed by atoms with Crippen molar-refractivity contribution >= 4 is 17.6 Å². The fourth-order valence-corrected chi connectivity index (χ4v) is 2.17. The monoisotopic (exact) mass is 342 g/mol. The van der Waals surface area contributed by atoms with E-state index in [0.29, 0.717) is 17.8 Å². The first-order valence-electron chi connectivity index (χ1n) is 7.82. The van der Waals surface area contributed by atoms with Gasteiger partial charge < -0.3 is 14.4 Å². The van der Waals surface area contributed by atoms with Crippen LogP contribution in [0.25, 0.3) is 0 Å². The lowest BCUT2D eigenvalue weighted by molar-refractivity contribution is 0.0957. The van der Waals surface area contributed by atoms with Crippen molar-refractivity contribution in [3.05, 3.63) is 59.7 Å². The number of ether oxygens (including phenoxy) is 2. The second-order valence-corrected chi connectivity index (χ2v) is 5.79. The van der Waals surface area contributed by atoms with Gasteiger partial charge in [0, 0.05) is 11.3 Å². The minimum absolute atomic E-state index is 0.0137. The molecule has 2 aromatic rings. The topological polar surface area (TPSA) is 67.9 Å². The predicted octanol–water partition coefficient (Wildman–Crippen LogP) is 3.19. The number of nitrogens with one attached hydrogen (secondary N) is 1. The van der Waals surface area contributed by atoms with E-state index >= 15 is 0 Å². The number of amides is 1. The zero-order chi connectivity index (χ0) is 18.2. The lowest BCUT2D eigenvalue weighted by atomic mass is 10.1. The van der Waals surface area contributed by atoms with Crippen molar-refractivity contribution < 1.29 is 19.1 Å². The zero-order valence-corrected chi connectivity index (χ0v) is 14.6. The molecule has 0 heterocycles. The van der Waals surface area contributed by atoms with Gasteiger partial charge in [-0.15, -0.1) is 0 Å². The minimum atomic E-state index is -0.576. The number of carbonyl (C=O) groups is 2. The lowest BCUT2D eigenvalue weighted by Crippen LogP contribution is -2.22. The molecule has 0 saturated carbocycles. The molecule has 0 aromatic heterocycles. The summed E-state index contributed by atoms with van der Waals surface area (Å²) >= 11 is 0. The Balaban J connectivity index is 1.90. The van der Waals surface area contributed by atoms with Crippen LogP contribution in [0.3, 0.4) is 0 Å². The quantitative estimate of drug-likeness (QED) is 0.783. The molecule has 2 aromatic carbocycles. The van der Waals surface area contributed by atoms with Crippen LogP contribution in [0.15, 0.2) is 48.5 Å². The second-order valence-electron chi connectivity index (χ2n) is 5.79. The third-order valence-corrected chi connectivity index (χ3v) is 3.42. The van der Waals surface area contributed by atoms with E-state index in [2.05, 4.69) is 5.32 Å². The normalized spacial score (nSPS) is 10.4. The van der Waals surface area contributed by atoms with E-state index in [-0.39, 0.29) is 12.4 Å². The number of hydrogen-bond acceptors (Lipinski definition) is 5. The largest absolute Gasteiger partial charge is 0.497 e. The van der Waals surface area contributed by atoms with Gasteiger partial charge in [0.2, 0.25) is 0 Å². The fourth-order valence-electron chi connectivity index (χ4n) is 2.17. The van der Waals surface area contributed by atoms with E-state index in [9.17, 15) is 9.59 Å². The Morgan fingerprint density at radius 1 is 1.08 bits per heavy atom. The Morgan fingerprint density at radius 3 is 2.44 bits per heavy atom. The fraction of sp³-hybridized carbons (Fsp3) is 0.263.